The Hall–Kier alpha value is -4.40. The van der Waals surface area contributed by atoms with Crippen LogP contribution in [0.15, 0.2) is 66.7 Å². The van der Waals surface area contributed by atoms with Crippen molar-refractivity contribution in [2.75, 3.05) is 21.3 Å². The van der Waals surface area contributed by atoms with Crippen molar-refractivity contribution < 1.29 is 19.0 Å². The Balaban J connectivity index is 0.00000176. The van der Waals surface area contributed by atoms with Gasteiger partial charge in [-0.1, -0.05) is 44.2 Å². The summed E-state index contributed by atoms with van der Waals surface area (Å²) in [6.07, 6.45) is 0. The molecule has 1 N–H and O–H groups in total. The summed E-state index contributed by atoms with van der Waals surface area (Å²) in [5.74, 6) is 2.28. The van der Waals surface area contributed by atoms with Crippen molar-refractivity contribution in [3.8, 4) is 28.6 Å². The van der Waals surface area contributed by atoms with Crippen LogP contribution in [0.4, 0.5) is 0 Å². The van der Waals surface area contributed by atoms with E-state index in [-0.39, 0.29) is 5.91 Å². The second kappa shape index (κ2) is 12.9. The number of amides is 1. The molecule has 0 aliphatic rings. The summed E-state index contributed by atoms with van der Waals surface area (Å²) in [6.45, 7) is 4.82. The van der Waals surface area contributed by atoms with E-state index in [0.29, 0.717) is 41.5 Å². The fourth-order valence-corrected chi connectivity index (χ4v) is 3.39. The third-order valence-corrected chi connectivity index (χ3v) is 5.22. The van der Waals surface area contributed by atoms with Gasteiger partial charge >= 0.3 is 0 Å². The first kappa shape index (κ1) is 26.2. The molecular weight excluding hydrogens is 458 g/mol. The van der Waals surface area contributed by atoms with Gasteiger partial charge in [0, 0.05) is 17.7 Å². The molecule has 0 fully saturated rings. The predicted molar refractivity (Wildman–Crippen MR) is 137 cm³/mol. The van der Waals surface area contributed by atoms with Crippen LogP contribution < -0.4 is 19.5 Å². The van der Waals surface area contributed by atoms with E-state index in [1.807, 2.05) is 62.4 Å². The maximum absolute atomic E-state index is 12.7. The van der Waals surface area contributed by atoms with Crippen LogP contribution in [0.1, 0.15) is 35.3 Å². The minimum atomic E-state index is -0.206. The van der Waals surface area contributed by atoms with E-state index in [1.165, 1.54) is 4.80 Å². The fraction of sp³-hybridized carbons (Fsp3) is 0.259. The molecule has 9 heteroatoms. The van der Waals surface area contributed by atoms with Gasteiger partial charge in [0.15, 0.2) is 11.5 Å². The number of carbonyl (C=O) groups excluding carboxylic acids is 1. The molecule has 4 aromatic rings. The van der Waals surface area contributed by atoms with E-state index in [4.69, 9.17) is 14.2 Å². The molecule has 9 nitrogen and oxygen atoms in total. The molecule has 0 saturated carbocycles. The van der Waals surface area contributed by atoms with Gasteiger partial charge < -0.3 is 19.5 Å². The number of nitrogens with one attached hydrogen (secondary N) is 1. The molecule has 0 aliphatic carbocycles. The number of aromatic nitrogens is 4. The van der Waals surface area contributed by atoms with Crippen LogP contribution in [-0.2, 0) is 13.1 Å². The van der Waals surface area contributed by atoms with Gasteiger partial charge in [0.25, 0.3) is 5.91 Å². The van der Waals surface area contributed by atoms with Crippen LogP contribution >= 0.6 is 0 Å². The highest BCUT2D eigenvalue weighted by molar-refractivity contribution is 5.95. The largest absolute Gasteiger partial charge is 0.497 e. The smallest absolute Gasteiger partial charge is 0.251 e. The second-order valence-corrected chi connectivity index (χ2v) is 7.44. The molecule has 0 atom stereocenters. The van der Waals surface area contributed by atoms with Crippen molar-refractivity contribution in [2.45, 2.75) is 26.9 Å². The molecule has 0 radical (unpaired) electrons. The summed E-state index contributed by atoms with van der Waals surface area (Å²) in [7, 11) is 4.79. The lowest BCUT2D eigenvalue weighted by Gasteiger charge is -2.10. The number of methoxy groups -OCH3 is 3. The first-order chi connectivity index (χ1) is 17.6. The number of ether oxygens (including phenoxy) is 3. The molecule has 1 heterocycles. The van der Waals surface area contributed by atoms with Crippen LogP contribution in [0, 0.1) is 0 Å². The summed E-state index contributed by atoms with van der Waals surface area (Å²) in [5.41, 5.74) is 3.13. The lowest BCUT2D eigenvalue weighted by Crippen LogP contribution is -2.22. The molecule has 1 amide bonds. The zero-order chi connectivity index (χ0) is 25.9. The van der Waals surface area contributed by atoms with Crippen molar-refractivity contribution in [3.63, 3.8) is 0 Å². The number of nitrogens with zero attached hydrogens (tertiary/aromatic N) is 4. The number of rotatable bonds is 9. The quantitative estimate of drug-likeness (QED) is 0.373. The van der Waals surface area contributed by atoms with Gasteiger partial charge in [0.1, 0.15) is 5.75 Å². The van der Waals surface area contributed by atoms with Gasteiger partial charge in [-0.05, 0) is 52.7 Å². The molecule has 4 rings (SSSR count). The lowest BCUT2D eigenvalue weighted by molar-refractivity contribution is 0.0951. The molecule has 0 unspecified atom stereocenters. The number of hydrogen-bond donors (Lipinski definition) is 1. The summed E-state index contributed by atoms with van der Waals surface area (Å²) >= 11 is 0. The highest BCUT2D eigenvalue weighted by atomic mass is 16.5. The number of benzene rings is 3. The van der Waals surface area contributed by atoms with Crippen LogP contribution in [0.5, 0.6) is 17.2 Å². The number of carbonyl (C=O) groups is 1. The van der Waals surface area contributed by atoms with Gasteiger partial charge in [0.2, 0.25) is 5.82 Å². The fourth-order valence-electron chi connectivity index (χ4n) is 3.39. The Labute approximate surface area is 211 Å². The molecule has 0 spiro atoms. The van der Waals surface area contributed by atoms with Gasteiger partial charge in [-0.25, -0.2) is 0 Å². The summed E-state index contributed by atoms with van der Waals surface area (Å²) in [5, 5.41) is 15.7. The molecule has 0 bridgehead atoms. The number of tetrazole rings is 1. The third-order valence-electron chi connectivity index (χ3n) is 5.22. The predicted octanol–water partition coefficient (Wildman–Crippen LogP) is 4.37. The molecule has 1 aromatic heterocycles. The van der Waals surface area contributed by atoms with Crippen LogP contribution in [-0.4, -0.2) is 47.4 Å². The van der Waals surface area contributed by atoms with E-state index in [9.17, 15) is 4.79 Å². The topological polar surface area (TPSA) is 100 Å². The Morgan fingerprint density at radius 2 is 1.58 bits per heavy atom. The summed E-state index contributed by atoms with van der Waals surface area (Å²) < 4.78 is 15.7. The SMILES string of the molecule is CC.COc1ccc(Cn2nnc(-c3cccc(C(=O)NCc4ccc(OC)c(OC)c4)c3)n2)cc1. The van der Waals surface area contributed by atoms with Crippen molar-refractivity contribution in [2.24, 2.45) is 0 Å². The zero-order valence-electron chi connectivity index (χ0n) is 21.2. The van der Waals surface area contributed by atoms with Gasteiger partial charge in [-0.2, -0.15) is 4.80 Å². The van der Waals surface area contributed by atoms with Crippen LogP contribution in [0.3, 0.4) is 0 Å². The maximum Gasteiger partial charge on any atom is 0.251 e. The van der Waals surface area contributed by atoms with Crippen molar-refractivity contribution in [1.82, 2.24) is 25.5 Å². The maximum atomic E-state index is 12.7. The molecule has 188 valence electrons. The Kier molecular flexibility index (Phi) is 9.39. The van der Waals surface area contributed by atoms with E-state index in [2.05, 4.69) is 20.7 Å². The Morgan fingerprint density at radius 1 is 0.861 bits per heavy atom. The van der Waals surface area contributed by atoms with E-state index >= 15 is 0 Å². The molecular formula is C27H31N5O4. The monoisotopic (exact) mass is 489 g/mol. The minimum Gasteiger partial charge on any atom is -0.497 e. The first-order valence-electron chi connectivity index (χ1n) is 11.6. The standard InChI is InChI=1S/C25H25N5O4.C2H6/c1-32-21-10-7-17(8-11-21)16-30-28-24(27-29-30)19-5-4-6-20(14-19)25(31)26-15-18-9-12-22(33-2)23(13-18)34-3;1-2/h4-14H,15-16H2,1-3H3,(H,26,31);1-2H3. The van der Waals surface area contributed by atoms with Crippen molar-refractivity contribution in [1.29, 1.82) is 0 Å². The van der Waals surface area contributed by atoms with Crippen molar-refractivity contribution in [3.05, 3.63) is 83.4 Å². The van der Waals surface area contributed by atoms with E-state index in [1.54, 1.807) is 39.5 Å². The van der Waals surface area contributed by atoms with E-state index < -0.39 is 0 Å². The van der Waals surface area contributed by atoms with Gasteiger partial charge in [-0.3, -0.25) is 4.79 Å². The first-order valence-corrected chi connectivity index (χ1v) is 11.6. The normalized spacial score (nSPS) is 10.1. The van der Waals surface area contributed by atoms with Crippen molar-refractivity contribution >= 4 is 5.91 Å². The average Bonchev–Trinajstić information content (AvgIpc) is 3.41. The second-order valence-electron chi connectivity index (χ2n) is 7.44. The molecule has 36 heavy (non-hydrogen) atoms. The summed E-state index contributed by atoms with van der Waals surface area (Å²) in [4.78, 5) is 14.3. The average molecular weight is 490 g/mol. The lowest BCUT2D eigenvalue weighted by atomic mass is 10.1. The van der Waals surface area contributed by atoms with Gasteiger partial charge in [-0.15, -0.1) is 10.2 Å². The van der Waals surface area contributed by atoms with E-state index in [0.717, 1.165) is 16.9 Å². The number of hydrogen-bond acceptors (Lipinski definition) is 7. The molecule has 3 aromatic carbocycles. The highest BCUT2D eigenvalue weighted by Crippen LogP contribution is 2.27. The Morgan fingerprint density at radius 3 is 2.28 bits per heavy atom. The molecule has 0 saturated heterocycles. The summed E-state index contributed by atoms with van der Waals surface area (Å²) in [6, 6.07) is 20.3. The highest BCUT2D eigenvalue weighted by Gasteiger charge is 2.12. The van der Waals surface area contributed by atoms with Gasteiger partial charge in [0.05, 0.1) is 27.9 Å². The zero-order valence-corrected chi connectivity index (χ0v) is 21.2. The Bertz CT molecular complexity index is 1270. The van der Waals surface area contributed by atoms with Crippen LogP contribution in [0.25, 0.3) is 11.4 Å². The molecule has 0 aliphatic heterocycles. The minimum absolute atomic E-state index is 0.206. The third kappa shape index (κ3) is 6.59. The van der Waals surface area contributed by atoms with Crippen LogP contribution in [0.2, 0.25) is 0 Å².